The van der Waals surface area contributed by atoms with Crippen LogP contribution in [0.1, 0.15) is 12.8 Å². The van der Waals surface area contributed by atoms with Crippen LogP contribution in [0.4, 0.5) is 10.6 Å². The molecule has 2 N–H and O–H groups in total. The summed E-state index contributed by atoms with van der Waals surface area (Å²) in [4.78, 5) is 14.0. The van der Waals surface area contributed by atoms with Gasteiger partial charge in [0.25, 0.3) is 0 Å². The second kappa shape index (κ2) is 5.14. The van der Waals surface area contributed by atoms with Gasteiger partial charge in [-0.1, -0.05) is 35.5 Å². The lowest BCUT2D eigenvalue weighted by Crippen LogP contribution is -2.46. The Morgan fingerprint density at radius 3 is 2.86 bits per heavy atom. The van der Waals surface area contributed by atoms with Crippen LogP contribution in [-0.4, -0.2) is 39.9 Å². The number of anilines is 1. The van der Waals surface area contributed by atoms with Crippen LogP contribution in [0.15, 0.2) is 40.9 Å². The molecule has 2 heterocycles. The van der Waals surface area contributed by atoms with E-state index in [9.17, 15) is 9.90 Å². The minimum atomic E-state index is -0.401. The first-order valence-corrected chi connectivity index (χ1v) is 7.48. The van der Waals surface area contributed by atoms with Gasteiger partial charge < -0.3 is 14.5 Å². The number of amides is 2. The van der Waals surface area contributed by atoms with Gasteiger partial charge in [-0.25, -0.2) is 4.79 Å². The molecule has 0 radical (unpaired) electrons. The van der Waals surface area contributed by atoms with Crippen molar-refractivity contribution in [3.63, 3.8) is 0 Å². The number of nitrogens with one attached hydrogen (secondary N) is 1. The Morgan fingerprint density at radius 2 is 2.14 bits per heavy atom. The molecule has 2 fully saturated rings. The Bertz CT molecular complexity index is 685. The maximum atomic E-state index is 12.3. The number of rotatable bonds is 2. The van der Waals surface area contributed by atoms with E-state index in [2.05, 4.69) is 10.5 Å². The van der Waals surface area contributed by atoms with E-state index < -0.39 is 6.10 Å². The Hall–Kier alpha value is -2.34. The fourth-order valence-electron chi connectivity index (χ4n) is 3.48. The highest BCUT2D eigenvalue weighted by Gasteiger charge is 2.46. The van der Waals surface area contributed by atoms with E-state index in [4.69, 9.17) is 4.52 Å². The molecule has 1 aliphatic carbocycles. The predicted octanol–water partition coefficient (Wildman–Crippen LogP) is 2.33. The standard InChI is InChI=1S/C16H17N3O3/c20-13-7-10-6-12(13)19(9-10)16(21)17-15-8-14(22-18-15)11-4-2-1-3-5-11/h1-5,8,10,12-13,20H,6-7,9H2,(H,17,18,21)/t10-,12+,13+/m0/s1. The summed E-state index contributed by atoms with van der Waals surface area (Å²) in [5, 5.41) is 16.5. The third-order valence-electron chi connectivity index (χ3n) is 4.51. The van der Waals surface area contributed by atoms with Gasteiger partial charge in [-0.05, 0) is 18.8 Å². The highest BCUT2D eigenvalue weighted by atomic mass is 16.5. The number of hydrogen-bond acceptors (Lipinski definition) is 4. The van der Waals surface area contributed by atoms with Crippen molar-refractivity contribution in [1.29, 1.82) is 0 Å². The first kappa shape index (κ1) is 13.3. The molecule has 0 spiro atoms. The summed E-state index contributed by atoms with van der Waals surface area (Å²) in [5.74, 6) is 1.42. The van der Waals surface area contributed by atoms with Gasteiger partial charge in [0.1, 0.15) is 0 Å². The Balaban J connectivity index is 1.46. The molecular weight excluding hydrogens is 282 g/mol. The SMILES string of the molecule is O=C(Nc1cc(-c2ccccc2)on1)N1C[C@@H]2C[C@@H](O)[C@H]1C2. The number of piperidine rings is 1. The molecule has 6 nitrogen and oxygen atoms in total. The number of aliphatic hydroxyl groups is 1. The quantitative estimate of drug-likeness (QED) is 0.892. The summed E-state index contributed by atoms with van der Waals surface area (Å²) in [7, 11) is 0. The van der Waals surface area contributed by atoms with Crippen LogP contribution >= 0.6 is 0 Å². The number of carbonyl (C=O) groups is 1. The second-order valence-electron chi connectivity index (χ2n) is 6.00. The molecule has 1 saturated carbocycles. The van der Waals surface area contributed by atoms with Gasteiger partial charge in [0.15, 0.2) is 11.6 Å². The van der Waals surface area contributed by atoms with Crippen LogP contribution in [0.3, 0.4) is 0 Å². The normalized spacial score (nSPS) is 26.4. The molecular formula is C16H17N3O3. The molecule has 6 heteroatoms. The molecule has 22 heavy (non-hydrogen) atoms. The van der Waals surface area contributed by atoms with E-state index in [0.29, 0.717) is 24.0 Å². The van der Waals surface area contributed by atoms with Gasteiger partial charge in [0, 0.05) is 18.2 Å². The topological polar surface area (TPSA) is 78.6 Å². The molecule has 4 rings (SSSR count). The van der Waals surface area contributed by atoms with E-state index in [1.807, 2.05) is 30.3 Å². The van der Waals surface area contributed by atoms with E-state index in [1.54, 1.807) is 11.0 Å². The fraction of sp³-hybridized carbons (Fsp3) is 0.375. The highest BCUT2D eigenvalue weighted by molar-refractivity contribution is 5.89. The number of urea groups is 1. The van der Waals surface area contributed by atoms with Crippen LogP contribution in [0.2, 0.25) is 0 Å². The third-order valence-corrected chi connectivity index (χ3v) is 4.51. The first-order valence-electron chi connectivity index (χ1n) is 7.48. The number of likely N-dealkylation sites (tertiary alicyclic amines) is 1. The van der Waals surface area contributed by atoms with Crippen molar-refractivity contribution in [3.8, 4) is 11.3 Å². The Labute approximate surface area is 127 Å². The van der Waals surface area contributed by atoms with Crippen LogP contribution < -0.4 is 5.32 Å². The van der Waals surface area contributed by atoms with Crippen molar-refractivity contribution in [3.05, 3.63) is 36.4 Å². The third kappa shape index (κ3) is 2.25. The van der Waals surface area contributed by atoms with E-state index in [1.165, 1.54) is 0 Å². The lowest BCUT2D eigenvalue weighted by atomic mass is 10.1. The smallest absolute Gasteiger partial charge is 0.323 e. The van der Waals surface area contributed by atoms with Gasteiger partial charge in [0.2, 0.25) is 0 Å². The van der Waals surface area contributed by atoms with Crippen LogP contribution in [0, 0.1) is 5.92 Å². The number of hydrogen-bond donors (Lipinski definition) is 2. The summed E-state index contributed by atoms with van der Waals surface area (Å²) in [6.45, 7) is 0.705. The minimum Gasteiger partial charge on any atom is -0.391 e. The number of benzene rings is 1. The van der Waals surface area contributed by atoms with Crippen molar-refractivity contribution >= 4 is 11.8 Å². The number of carbonyl (C=O) groups excluding carboxylic acids is 1. The van der Waals surface area contributed by atoms with Crippen LogP contribution in [0.5, 0.6) is 0 Å². The van der Waals surface area contributed by atoms with Crippen molar-refractivity contribution in [2.75, 3.05) is 11.9 Å². The Kier molecular flexibility index (Phi) is 3.11. The molecule has 3 atom stereocenters. The van der Waals surface area contributed by atoms with Crippen molar-refractivity contribution in [1.82, 2.24) is 10.1 Å². The molecule has 1 saturated heterocycles. The summed E-state index contributed by atoms with van der Waals surface area (Å²) in [6.07, 6.45) is 1.29. The lowest BCUT2D eigenvalue weighted by Gasteiger charge is -2.30. The van der Waals surface area contributed by atoms with Gasteiger partial charge in [-0.3, -0.25) is 5.32 Å². The van der Waals surface area contributed by atoms with Crippen LogP contribution in [0.25, 0.3) is 11.3 Å². The van der Waals surface area contributed by atoms with Crippen LogP contribution in [-0.2, 0) is 0 Å². The molecule has 2 aliphatic rings. The molecule has 2 aromatic rings. The van der Waals surface area contributed by atoms with Crippen molar-refractivity contribution in [2.24, 2.45) is 5.92 Å². The van der Waals surface area contributed by atoms with Crippen molar-refractivity contribution < 1.29 is 14.4 Å². The maximum absolute atomic E-state index is 12.3. The summed E-state index contributed by atoms with van der Waals surface area (Å²) in [6, 6.07) is 11.0. The number of fused-ring (bicyclic) bond motifs is 2. The first-order chi connectivity index (χ1) is 10.7. The predicted molar refractivity (Wildman–Crippen MR) is 80.2 cm³/mol. The molecule has 1 aromatic carbocycles. The zero-order chi connectivity index (χ0) is 15.1. The zero-order valence-corrected chi connectivity index (χ0v) is 12.0. The molecule has 1 aliphatic heterocycles. The van der Waals surface area contributed by atoms with Gasteiger partial charge in [0.05, 0.1) is 12.1 Å². The average Bonchev–Trinajstić information content (AvgIpc) is 3.23. The average molecular weight is 299 g/mol. The van der Waals surface area contributed by atoms with Gasteiger partial charge in [-0.2, -0.15) is 0 Å². The van der Waals surface area contributed by atoms with Gasteiger partial charge in [-0.15, -0.1) is 0 Å². The summed E-state index contributed by atoms with van der Waals surface area (Å²) >= 11 is 0. The Morgan fingerprint density at radius 1 is 1.32 bits per heavy atom. The fourth-order valence-corrected chi connectivity index (χ4v) is 3.48. The number of aliphatic hydroxyl groups excluding tert-OH is 1. The van der Waals surface area contributed by atoms with E-state index in [-0.39, 0.29) is 12.1 Å². The molecule has 114 valence electrons. The molecule has 0 unspecified atom stereocenters. The van der Waals surface area contributed by atoms with E-state index >= 15 is 0 Å². The number of nitrogens with zero attached hydrogens (tertiary/aromatic N) is 2. The van der Waals surface area contributed by atoms with Crippen molar-refractivity contribution in [2.45, 2.75) is 25.0 Å². The second-order valence-corrected chi connectivity index (χ2v) is 6.00. The maximum Gasteiger partial charge on any atom is 0.323 e. The highest BCUT2D eigenvalue weighted by Crippen LogP contribution is 2.38. The molecule has 2 bridgehead atoms. The largest absolute Gasteiger partial charge is 0.391 e. The zero-order valence-electron chi connectivity index (χ0n) is 12.0. The summed E-state index contributed by atoms with van der Waals surface area (Å²) in [5.41, 5.74) is 0.908. The minimum absolute atomic E-state index is 0.0644. The lowest BCUT2D eigenvalue weighted by molar-refractivity contribution is 0.0765. The molecule has 1 aromatic heterocycles. The van der Waals surface area contributed by atoms with E-state index in [0.717, 1.165) is 18.4 Å². The molecule has 2 amide bonds. The monoisotopic (exact) mass is 299 g/mol. The number of aromatic nitrogens is 1. The summed E-state index contributed by atoms with van der Waals surface area (Å²) < 4.78 is 5.26. The van der Waals surface area contributed by atoms with Gasteiger partial charge >= 0.3 is 6.03 Å².